The Hall–Kier alpha value is -3.15. The quantitative estimate of drug-likeness (QED) is 0.428. The number of fused-ring (bicyclic) bond motifs is 1. The molecule has 1 saturated heterocycles. The van der Waals surface area contributed by atoms with Gasteiger partial charge in [0, 0.05) is 6.07 Å². The highest BCUT2D eigenvalue weighted by atomic mass is 16.7. The molecule has 1 aromatic heterocycles. The Morgan fingerprint density at radius 1 is 0.938 bits per heavy atom. The second kappa shape index (κ2) is 9.15. The van der Waals surface area contributed by atoms with E-state index in [-0.39, 0.29) is 22.5 Å². The fraction of sp³-hybridized carbons (Fsp3) is 0.318. The molecule has 1 fully saturated rings. The van der Waals surface area contributed by atoms with Gasteiger partial charge in [0.05, 0.1) is 19.1 Å². The van der Waals surface area contributed by atoms with Crippen LogP contribution in [0.25, 0.3) is 11.0 Å². The van der Waals surface area contributed by atoms with Crippen LogP contribution in [0.5, 0.6) is 23.0 Å². The lowest BCUT2D eigenvalue weighted by Gasteiger charge is -2.39. The van der Waals surface area contributed by atoms with E-state index < -0.39 is 42.7 Å². The van der Waals surface area contributed by atoms with Crippen molar-refractivity contribution in [1.82, 2.24) is 0 Å². The average Bonchev–Trinajstić information content (AvgIpc) is 2.81. The monoisotopic (exact) mass is 446 g/mol. The molecule has 5 atom stereocenters. The molecule has 170 valence electrons. The molecule has 2 aromatic carbocycles. The summed E-state index contributed by atoms with van der Waals surface area (Å²) in [5.41, 5.74) is -0.208. The molecule has 0 bridgehead atoms. The van der Waals surface area contributed by atoms with Crippen LogP contribution in [0.15, 0.2) is 57.9 Å². The zero-order valence-electron chi connectivity index (χ0n) is 17.0. The van der Waals surface area contributed by atoms with Gasteiger partial charge in [-0.3, -0.25) is 4.79 Å². The molecule has 10 nitrogen and oxygen atoms in total. The fourth-order valence-electron chi connectivity index (χ4n) is 3.30. The molecular formula is C22H22O10. The minimum atomic E-state index is -1.57. The van der Waals surface area contributed by atoms with Crippen molar-refractivity contribution in [2.75, 3.05) is 13.7 Å². The lowest BCUT2D eigenvalue weighted by atomic mass is 9.99. The molecule has 0 amide bonds. The van der Waals surface area contributed by atoms with E-state index in [0.29, 0.717) is 11.5 Å². The largest absolute Gasteiger partial charge is 0.497 e. The van der Waals surface area contributed by atoms with Crippen LogP contribution >= 0.6 is 0 Å². The third-order valence-corrected chi connectivity index (χ3v) is 5.10. The van der Waals surface area contributed by atoms with Crippen LogP contribution in [0.2, 0.25) is 0 Å². The predicted octanol–water partition coefficient (Wildman–Crippen LogP) is 0.773. The lowest BCUT2D eigenvalue weighted by Crippen LogP contribution is -2.60. The number of benzene rings is 2. The lowest BCUT2D eigenvalue weighted by molar-refractivity contribution is -0.277. The van der Waals surface area contributed by atoms with Crippen molar-refractivity contribution >= 4 is 11.0 Å². The van der Waals surface area contributed by atoms with E-state index in [1.54, 1.807) is 31.4 Å². The highest BCUT2D eigenvalue weighted by molar-refractivity contribution is 5.79. The molecule has 0 radical (unpaired) electrons. The van der Waals surface area contributed by atoms with E-state index in [2.05, 4.69) is 0 Å². The molecule has 32 heavy (non-hydrogen) atoms. The molecule has 1 aliphatic rings. The van der Waals surface area contributed by atoms with Crippen molar-refractivity contribution in [1.29, 1.82) is 0 Å². The highest BCUT2D eigenvalue weighted by Gasteiger charge is 2.44. The van der Waals surface area contributed by atoms with Crippen LogP contribution in [0.4, 0.5) is 0 Å². The maximum absolute atomic E-state index is 12.8. The summed E-state index contributed by atoms with van der Waals surface area (Å²) in [7, 11) is 1.54. The van der Waals surface area contributed by atoms with E-state index in [1.165, 1.54) is 24.5 Å². The molecule has 0 spiro atoms. The SMILES string of the molecule is COc1ccc(Oc2coc3cc(O[C@H]4O[C@@H](CO)[C@@H](O)[C@@H](O)[C@@H]4O)ccc3c2=O)cc1. The first kappa shape index (κ1) is 22.1. The number of methoxy groups -OCH3 is 1. The Kier molecular flexibility index (Phi) is 6.31. The number of hydrogen-bond acceptors (Lipinski definition) is 10. The van der Waals surface area contributed by atoms with Crippen LogP contribution in [-0.4, -0.2) is 64.8 Å². The zero-order valence-corrected chi connectivity index (χ0v) is 17.0. The number of hydrogen-bond donors (Lipinski definition) is 4. The Morgan fingerprint density at radius 2 is 1.62 bits per heavy atom. The average molecular weight is 446 g/mol. The van der Waals surface area contributed by atoms with E-state index in [1.807, 2.05) is 0 Å². The van der Waals surface area contributed by atoms with E-state index in [4.69, 9.17) is 23.4 Å². The summed E-state index contributed by atoms with van der Waals surface area (Å²) in [6.07, 6.45) is -5.90. The van der Waals surface area contributed by atoms with Gasteiger partial charge in [0.2, 0.25) is 17.5 Å². The molecule has 2 heterocycles. The summed E-state index contributed by atoms with van der Waals surface area (Å²) in [6, 6.07) is 11.0. The van der Waals surface area contributed by atoms with Gasteiger partial charge >= 0.3 is 0 Å². The standard InChI is InChI=1S/C22H22O10/c1-28-11-2-4-12(5-3-11)30-17-10-29-15-8-13(6-7-14(15)18(17)24)31-22-21(27)20(26)19(25)16(9-23)32-22/h2-8,10,16,19-23,25-27H,9H2,1H3/t16-,19+,20+,21-,22-/m0/s1. The number of aliphatic hydroxyl groups excluding tert-OH is 4. The number of rotatable bonds is 6. The zero-order chi connectivity index (χ0) is 22.8. The van der Waals surface area contributed by atoms with E-state index >= 15 is 0 Å². The third-order valence-electron chi connectivity index (χ3n) is 5.10. The van der Waals surface area contributed by atoms with Gasteiger partial charge in [0.1, 0.15) is 53.5 Å². The van der Waals surface area contributed by atoms with Crippen LogP contribution in [-0.2, 0) is 4.74 Å². The maximum atomic E-state index is 12.8. The molecule has 4 N–H and O–H groups in total. The summed E-state index contributed by atoms with van der Waals surface area (Å²) in [6.45, 7) is -0.575. The first-order valence-electron chi connectivity index (χ1n) is 9.76. The minimum Gasteiger partial charge on any atom is -0.497 e. The van der Waals surface area contributed by atoms with Crippen molar-refractivity contribution in [3.05, 3.63) is 59.0 Å². The topological polar surface area (TPSA) is 148 Å². The highest BCUT2D eigenvalue weighted by Crippen LogP contribution is 2.28. The summed E-state index contributed by atoms with van der Waals surface area (Å²) in [5.74, 6) is 1.24. The van der Waals surface area contributed by atoms with Crippen molar-refractivity contribution < 1.29 is 43.8 Å². The molecule has 1 aliphatic heterocycles. The molecule has 3 aromatic rings. The van der Waals surface area contributed by atoms with Gasteiger partial charge in [-0.05, 0) is 36.4 Å². The van der Waals surface area contributed by atoms with Crippen LogP contribution in [0, 0.1) is 0 Å². The molecule has 0 unspecified atom stereocenters. The minimum absolute atomic E-state index is 0.00901. The van der Waals surface area contributed by atoms with Gasteiger partial charge in [0.15, 0.2) is 0 Å². The summed E-state index contributed by atoms with van der Waals surface area (Å²) in [5, 5.41) is 39.4. The maximum Gasteiger partial charge on any atom is 0.235 e. The van der Waals surface area contributed by atoms with Crippen molar-refractivity contribution in [3.63, 3.8) is 0 Å². The fourth-order valence-corrected chi connectivity index (χ4v) is 3.30. The Balaban J connectivity index is 1.54. The van der Waals surface area contributed by atoms with Crippen LogP contribution in [0.3, 0.4) is 0 Å². The summed E-state index contributed by atoms with van der Waals surface area (Å²) in [4.78, 5) is 12.8. The molecule has 0 saturated carbocycles. The van der Waals surface area contributed by atoms with Crippen LogP contribution in [0.1, 0.15) is 0 Å². The normalized spacial score (nSPS) is 25.5. The molecule has 0 aliphatic carbocycles. The summed E-state index contributed by atoms with van der Waals surface area (Å²) >= 11 is 0. The molecular weight excluding hydrogens is 424 g/mol. The number of aliphatic hydroxyl groups is 4. The molecule has 4 rings (SSSR count). The first-order valence-corrected chi connectivity index (χ1v) is 9.76. The van der Waals surface area contributed by atoms with Crippen molar-refractivity contribution in [3.8, 4) is 23.0 Å². The van der Waals surface area contributed by atoms with Gasteiger partial charge in [-0.25, -0.2) is 0 Å². The van der Waals surface area contributed by atoms with Gasteiger partial charge in [0.25, 0.3) is 0 Å². The van der Waals surface area contributed by atoms with Gasteiger partial charge < -0.3 is 43.8 Å². The predicted molar refractivity (Wildman–Crippen MR) is 110 cm³/mol. The van der Waals surface area contributed by atoms with E-state index in [0.717, 1.165) is 0 Å². The van der Waals surface area contributed by atoms with E-state index in [9.17, 15) is 25.2 Å². The second-order valence-electron chi connectivity index (χ2n) is 7.18. The third kappa shape index (κ3) is 4.27. The van der Waals surface area contributed by atoms with Crippen molar-refractivity contribution in [2.45, 2.75) is 30.7 Å². The van der Waals surface area contributed by atoms with Crippen LogP contribution < -0.4 is 19.6 Å². The Labute approximate surface area is 181 Å². The second-order valence-corrected chi connectivity index (χ2v) is 7.18. The summed E-state index contributed by atoms with van der Waals surface area (Å²) < 4.78 is 27.1. The van der Waals surface area contributed by atoms with Gasteiger partial charge in [-0.15, -0.1) is 0 Å². The number of ether oxygens (including phenoxy) is 4. The van der Waals surface area contributed by atoms with Gasteiger partial charge in [-0.2, -0.15) is 0 Å². The van der Waals surface area contributed by atoms with Gasteiger partial charge in [-0.1, -0.05) is 0 Å². The first-order chi connectivity index (χ1) is 15.4. The molecule has 10 heteroatoms. The van der Waals surface area contributed by atoms with Crippen molar-refractivity contribution in [2.24, 2.45) is 0 Å². The Morgan fingerprint density at radius 3 is 2.31 bits per heavy atom. The smallest absolute Gasteiger partial charge is 0.235 e. The Bertz CT molecular complexity index is 1120.